The zero-order valence-corrected chi connectivity index (χ0v) is 16.6. The monoisotopic (exact) mass is 447 g/mol. The van der Waals surface area contributed by atoms with Crippen LogP contribution < -0.4 is 0 Å². The number of nitrogens with one attached hydrogen (secondary N) is 1. The molecule has 29 heavy (non-hydrogen) atoms. The molecule has 0 bridgehead atoms. The largest absolute Gasteiger partial charge is 0.493 e. The van der Waals surface area contributed by atoms with Gasteiger partial charge in [-0.05, 0) is 23.8 Å². The van der Waals surface area contributed by atoms with E-state index in [1.807, 2.05) is 53.1 Å². The van der Waals surface area contributed by atoms with Crippen LogP contribution in [0.4, 0.5) is 11.5 Å². The zero-order valence-electron chi connectivity index (χ0n) is 15.0. The highest BCUT2D eigenvalue weighted by Crippen LogP contribution is 2.37. The van der Waals surface area contributed by atoms with Crippen molar-refractivity contribution in [1.82, 2.24) is 24.5 Å². The van der Waals surface area contributed by atoms with Crippen LogP contribution in [0.1, 0.15) is 5.56 Å². The third-order valence-electron chi connectivity index (χ3n) is 4.54. The molecular weight excluding hydrogens is 434 g/mol. The SMILES string of the molecule is Oc1[nH]c2ccc(Br)cc2c1N=Nc1ncnc2c1ncn2Cc1ccccc1. The predicted molar refractivity (Wildman–Crippen MR) is 113 cm³/mol. The van der Waals surface area contributed by atoms with Crippen LogP contribution in [-0.4, -0.2) is 29.6 Å². The molecule has 0 radical (unpaired) electrons. The molecule has 0 saturated carbocycles. The topological polar surface area (TPSA) is 104 Å². The Bertz CT molecular complexity index is 1360. The van der Waals surface area contributed by atoms with Gasteiger partial charge in [-0.1, -0.05) is 46.3 Å². The van der Waals surface area contributed by atoms with E-state index in [0.717, 1.165) is 20.9 Å². The molecule has 3 aromatic heterocycles. The van der Waals surface area contributed by atoms with Gasteiger partial charge in [0, 0.05) is 9.86 Å². The van der Waals surface area contributed by atoms with E-state index >= 15 is 0 Å². The number of rotatable bonds is 4. The first-order chi connectivity index (χ1) is 14.2. The number of fused-ring (bicyclic) bond motifs is 2. The minimum Gasteiger partial charge on any atom is -0.493 e. The molecule has 0 fully saturated rings. The summed E-state index contributed by atoms with van der Waals surface area (Å²) >= 11 is 3.43. The maximum absolute atomic E-state index is 10.2. The van der Waals surface area contributed by atoms with Crippen LogP contribution in [0.2, 0.25) is 0 Å². The zero-order chi connectivity index (χ0) is 19.8. The van der Waals surface area contributed by atoms with Crippen LogP contribution in [0.5, 0.6) is 5.88 Å². The molecule has 2 aromatic carbocycles. The fourth-order valence-corrected chi connectivity index (χ4v) is 3.53. The summed E-state index contributed by atoms with van der Waals surface area (Å²) in [6.45, 7) is 0.641. The van der Waals surface area contributed by atoms with Crippen molar-refractivity contribution in [2.75, 3.05) is 0 Å². The molecule has 3 heterocycles. The quantitative estimate of drug-likeness (QED) is 0.367. The van der Waals surface area contributed by atoms with Crippen molar-refractivity contribution in [3.8, 4) is 5.88 Å². The lowest BCUT2D eigenvalue weighted by Crippen LogP contribution is -1.99. The number of aromatic hydroxyl groups is 1. The van der Waals surface area contributed by atoms with E-state index in [-0.39, 0.29) is 5.88 Å². The average Bonchev–Trinajstić information content (AvgIpc) is 3.28. The van der Waals surface area contributed by atoms with E-state index in [2.05, 4.69) is 46.1 Å². The van der Waals surface area contributed by atoms with Crippen molar-refractivity contribution < 1.29 is 5.11 Å². The first-order valence-electron chi connectivity index (χ1n) is 8.81. The number of hydrogen-bond acceptors (Lipinski definition) is 6. The van der Waals surface area contributed by atoms with Gasteiger partial charge >= 0.3 is 0 Å². The van der Waals surface area contributed by atoms with Gasteiger partial charge in [0.2, 0.25) is 11.7 Å². The fourth-order valence-electron chi connectivity index (χ4n) is 3.17. The molecule has 0 spiro atoms. The summed E-state index contributed by atoms with van der Waals surface area (Å²) in [4.78, 5) is 15.9. The number of nitrogens with zero attached hydrogens (tertiary/aromatic N) is 6. The van der Waals surface area contributed by atoms with Crippen molar-refractivity contribution in [3.63, 3.8) is 0 Å². The normalized spacial score (nSPS) is 11.8. The number of aromatic nitrogens is 5. The van der Waals surface area contributed by atoms with Gasteiger partial charge in [-0.15, -0.1) is 10.2 Å². The molecule has 0 aliphatic carbocycles. The Morgan fingerprint density at radius 2 is 1.90 bits per heavy atom. The van der Waals surface area contributed by atoms with Gasteiger partial charge in [-0.3, -0.25) is 0 Å². The van der Waals surface area contributed by atoms with Crippen LogP contribution in [0.15, 0.2) is 75.9 Å². The van der Waals surface area contributed by atoms with E-state index in [9.17, 15) is 5.11 Å². The molecule has 5 aromatic rings. The standard InChI is InChI=1S/C20H14BrN7O/c21-13-6-7-15-14(8-13)16(20(29)25-15)26-27-18-17-19(23-10-22-18)28(11-24-17)9-12-4-2-1-3-5-12/h1-8,10-11,25,29H,9H2. The second-order valence-corrected chi connectivity index (χ2v) is 7.36. The minimum absolute atomic E-state index is 0.0539. The Labute approximate surface area is 173 Å². The fraction of sp³-hybridized carbons (Fsp3) is 0.0500. The number of hydrogen-bond donors (Lipinski definition) is 2. The van der Waals surface area contributed by atoms with E-state index in [1.54, 1.807) is 6.33 Å². The van der Waals surface area contributed by atoms with E-state index < -0.39 is 0 Å². The molecule has 8 nitrogen and oxygen atoms in total. The van der Waals surface area contributed by atoms with Crippen molar-refractivity contribution in [2.24, 2.45) is 10.2 Å². The molecule has 9 heteroatoms. The Kier molecular flexibility index (Phi) is 4.28. The first kappa shape index (κ1) is 17.5. The summed E-state index contributed by atoms with van der Waals surface area (Å²) in [6, 6.07) is 15.7. The van der Waals surface area contributed by atoms with Gasteiger partial charge in [0.15, 0.2) is 16.9 Å². The van der Waals surface area contributed by atoms with Gasteiger partial charge in [-0.25, -0.2) is 15.0 Å². The smallest absolute Gasteiger partial charge is 0.218 e. The van der Waals surface area contributed by atoms with Crippen molar-refractivity contribution >= 4 is 49.5 Å². The Balaban J connectivity index is 1.53. The summed E-state index contributed by atoms with van der Waals surface area (Å²) in [7, 11) is 0. The molecule has 0 unspecified atom stereocenters. The molecule has 142 valence electrons. The first-order valence-corrected chi connectivity index (χ1v) is 9.60. The van der Waals surface area contributed by atoms with E-state index in [0.29, 0.717) is 29.2 Å². The highest BCUT2D eigenvalue weighted by molar-refractivity contribution is 9.10. The summed E-state index contributed by atoms with van der Waals surface area (Å²) in [6.07, 6.45) is 3.15. The minimum atomic E-state index is -0.0539. The third kappa shape index (κ3) is 3.25. The van der Waals surface area contributed by atoms with Crippen LogP contribution >= 0.6 is 15.9 Å². The van der Waals surface area contributed by atoms with Crippen molar-refractivity contribution in [3.05, 3.63) is 71.2 Å². The molecule has 0 atom stereocenters. The molecule has 0 aliphatic rings. The van der Waals surface area contributed by atoms with Crippen LogP contribution in [0.25, 0.3) is 22.1 Å². The molecular formula is C20H14BrN7O. The second kappa shape index (κ2) is 7.10. The highest BCUT2D eigenvalue weighted by atomic mass is 79.9. The Morgan fingerprint density at radius 1 is 1.03 bits per heavy atom. The number of imidazole rings is 1. The van der Waals surface area contributed by atoms with Crippen molar-refractivity contribution in [1.29, 1.82) is 0 Å². The van der Waals surface area contributed by atoms with Crippen LogP contribution in [0, 0.1) is 0 Å². The van der Waals surface area contributed by atoms with Crippen LogP contribution in [-0.2, 0) is 6.54 Å². The lowest BCUT2D eigenvalue weighted by atomic mass is 10.2. The average molecular weight is 448 g/mol. The van der Waals surface area contributed by atoms with E-state index in [1.165, 1.54) is 6.33 Å². The number of benzene rings is 2. The van der Waals surface area contributed by atoms with Gasteiger partial charge in [0.25, 0.3) is 0 Å². The third-order valence-corrected chi connectivity index (χ3v) is 5.03. The number of aromatic amines is 1. The van der Waals surface area contributed by atoms with Gasteiger partial charge in [0.1, 0.15) is 6.33 Å². The summed E-state index contributed by atoms with van der Waals surface area (Å²) < 4.78 is 2.82. The Hall–Kier alpha value is -3.59. The molecule has 5 rings (SSSR count). The summed E-state index contributed by atoms with van der Waals surface area (Å²) in [5.41, 5.74) is 3.47. The molecule has 0 amide bonds. The lowest BCUT2D eigenvalue weighted by Gasteiger charge is -2.03. The van der Waals surface area contributed by atoms with E-state index in [4.69, 9.17) is 0 Å². The molecule has 0 saturated heterocycles. The number of azo groups is 1. The van der Waals surface area contributed by atoms with Gasteiger partial charge in [-0.2, -0.15) is 0 Å². The highest BCUT2D eigenvalue weighted by Gasteiger charge is 2.13. The number of H-pyrrole nitrogens is 1. The maximum Gasteiger partial charge on any atom is 0.218 e. The van der Waals surface area contributed by atoms with Crippen molar-refractivity contribution in [2.45, 2.75) is 6.54 Å². The van der Waals surface area contributed by atoms with Gasteiger partial charge < -0.3 is 14.7 Å². The Morgan fingerprint density at radius 3 is 2.76 bits per heavy atom. The molecule has 2 N–H and O–H groups in total. The summed E-state index contributed by atoms with van der Waals surface area (Å²) in [5.74, 6) is 0.285. The van der Waals surface area contributed by atoms with Gasteiger partial charge in [0.05, 0.1) is 18.4 Å². The second-order valence-electron chi connectivity index (χ2n) is 6.44. The predicted octanol–water partition coefficient (Wildman–Crippen LogP) is 5.24. The number of halogens is 1. The lowest BCUT2D eigenvalue weighted by molar-refractivity contribution is 0.459. The molecule has 0 aliphatic heterocycles. The maximum atomic E-state index is 10.2. The van der Waals surface area contributed by atoms with Crippen LogP contribution in [0.3, 0.4) is 0 Å². The summed E-state index contributed by atoms with van der Waals surface area (Å²) in [5, 5.41) is 19.4.